The van der Waals surface area contributed by atoms with E-state index in [2.05, 4.69) is 29.7 Å². The first kappa shape index (κ1) is 18.0. The van der Waals surface area contributed by atoms with E-state index in [1.165, 1.54) is 5.56 Å². The van der Waals surface area contributed by atoms with Gasteiger partial charge in [0, 0.05) is 38.8 Å². The first-order chi connectivity index (χ1) is 13.0. The molecule has 2 aromatic carbocycles. The summed E-state index contributed by atoms with van der Waals surface area (Å²) in [4.78, 5) is 4.78. The van der Waals surface area contributed by atoms with Crippen LogP contribution in [0.25, 0.3) is 11.0 Å². The fourth-order valence-electron chi connectivity index (χ4n) is 4.12. The molecule has 0 amide bonds. The molecule has 1 unspecified atom stereocenters. The lowest BCUT2D eigenvalue weighted by atomic mass is 9.89. The number of fused-ring (bicyclic) bond motifs is 3. The van der Waals surface area contributed by atoms with E-state index in [9.17, 15) is 0 Å². The molecule has 27 heavy (non-hydrogen) atoms. The van der Waals surface area contributed by atoms with E-state index in [-0.39, 0.29) is 0 Å². The van der Waals surface area contributed by atoms with E-state index in [1.807, 2.05) is 26.1 Å². The standard InChI is InChI=1S/C22H26N2O3/c1-14-8-6-7-9-18(14)22(26-5)11-10-17-16(13-25-4)12-19-20(21(17)27-22)23-15(2)24(19)3/h6-9,12H,10-11,13H2,1-5H3. The summed E-state index contributed by atoms with van der Waals surface area (Å²) in [6.07, 6.45) is 1.59. The first-order valence-electron chi connectivity index (χ1n) is 9.27. The molecule has 1 atom stereocenters. The van der Waals surface area contributed by atoms with Crippen molar-refractivity contribution in [2.75, 3.05) is 14.2 Å². The molecule has 142 valence electrons. The van der Waals surface area contributed by atoms with Gasteiger partial charge in [0.2, 0.25) is 5.79 Å². The average Bonchev–Trinajstić information content (AvgIpc) is 2.97. The molecular formula is C22H26N2O3. The number of hydrogen-bond acceptors (Lipinski definition) is 4. The molecule has 0 bridgehead atoms. The molecule has 0 N–H and O–H groups in total. The molecule has 3 aromatic rings. The Morgan fingerprint density at radius 2 is 2.00 bits per heavy atom. The van der Waals surface area contributed by atoms with Crippen molar-refractivity contribution in [2.45, 2.75) is 39.1 Å². The molecule has 1 aliphatic rings. The zero-order valence-electron chi connectivity index (χ0n) is 16.6. The highest BCUT2D eigenvalue weighted by atomic mass is 16.7. The van der Waals surface area contributed by atoms with Gasteiger partial charge in [0.15, 0.2) is 5.75 Å². The number of ether oxygens (including phenoxy) is 3. The van der Waals surface area contributed by atoms with E-state index in [0.717, 1.165) is 52.1 Å². The molecule has 5 nitrogen and oxygen atoms in total. The third-order valence-electron chi connectivity index (χ3n) is 5.71. The zero-order valence-corrected chi connectivity index (χ0v) is 16.6. The second kappa shape index (κ2) is 6.66. The van der Waals surface area contributed by atoms with Gasteiger partial charge < -0.3 is 18.8 Å². The number of aromatic nitrogens is 2. The van der Waals surface area contributed by atoms with Crippen LogP contribution < -0.4 is 4.74 Å². The molecule has 4 rings (SSSR count). The zero-order chi connectivity index (χ0) is 19.2. The van der Waals surface area contributed by atoms with Gasteiger partial charge in [-0.25, -0.2) is 4.98 Å². The molecule has 0 saturated carbocycles. The number of rotatable bonds is 4. The van der Waals surface area contributed by atoms with E-state index in [4.69, 9.17) is 19.2 Å². The lowest BCUT2D eigenvalue weighted by molar-refractivity contribution is -0.183. The Morgan fingerprint density at radius 3 is 2.70 bits per heavy atom. The Kier molecular flexibility index (Phi) is 4.44. The maximum absolute atomic E-state index is 6.65. The number of hydrogen-bond donors (Lipinski definition) is 0. The van der Waals surface area contributed by atoms with E-state index in [1.54, 1.807) is 14.2 Å². The van der Waals surface area contributed by atoms with Crippen LogP contribution in [0.4, 0.5) is 0 Å². The van der Waals surface area contributed by atoms with Crippen LogP contribution in [-0.4, -0.2) is 23.8 Å². The molecule has 1 aliphatic heterocycles. The average molecular weight is 366 g/mol. The fourth-order valence-corrected chi connectivity index (χ4v) is 4.12. The van der Waals surface area contributed by atoms with Gasteiger partial charge in [-0.3, -0.25) is 0 Å². The van der Waals surface area contributed by atoms with Crippen LogP contribution >= 0.6 is 0 Å². The molecule has 2 heterocycles. The molecular weight excluding hydrogens is 340 g/mol. The van der Waals surface area contributed by atoms with Crippen molar-refractivity contribution in [2.24, 2.45) is 7.05 Å². The van der Waals surface area contributed by atoms with Crippen LogP contribution in [0.1, 0.15) is 34.5 Å². The lowest BCUT2D eigenvalue weighted by Gasteiger charge is -2.39. The maximum atomic E-state index is 6.65. The normalized spacial score (nSPS) is 19.1. The van der Waals surface area contributed by atoms with Gasteiger partial charge in [-0.2, -0.15) is 0 Å². The van der Waals surface area contributed by atoms with Gasteiger partial charge in [0.25, 0.3) is 0 Å². The van der Waals surface area contributed by atoms with Crippen molar-refractivity contribution in [1.82, 2.24) is 9.55 Å². The second-order valence-electron chi connectivity index (χ2n) is 7.24. The molecule has 0 fully saturated rings. The van der Waals surface area contributed by atoms with Crippen molar-refractivity contribution in [3.63, 3.8) is 0 Å². The number of imidazole rings is 1. The maximum Gasteiger partial charge on any atom is 0.237 e. The minimum atomic E-state index is -0.803. The van der Waals surface area contributed by atoms with Gasteiger partial charge in [-0.15, -0.1) is 0 Å². The summed E-state index contributed by atoms with van der Waals surface area (Å²) < 4.78 is 20.2. The lowest BCUT2D eigenvalue weighted by Crippen LogP contribution is -2.39. The Balaban J connectivity index is 1.94. The van der Waals surface area contributed by atoms with Gasteiger partial charge in [0.05, 0.1) is 12.1 Å². The van der Waals surface area contributed by atoms with Gasteiger partial charge in [0.1, 0.15) is 11.3 Å². The molecule has 1 aromatic heterocycles. The predicted molar refractivity (Wildman–Crippen MR) is 105 cm³/mol. The van der Waals surface area contributed by atoms with Gasteiger partial charge in [-0.05, 0) is 37.5 Å². The monoisotopic (exact) mass is 366 g/mol. The Bertz CT molecular complexity index is 1010. The van der Waals surface area contributed by atoms with Crippen molar-refractivity contribution >= 4 is 11.0 Å². The first-order valence-corrected chi connectivity index (χ1v) is 9.27. The summed E-state index contributed by atoms with van der Waals surface area (Å²) in [6.45, 7) is 4.66. The van der Waals surface area contributed by atoms with E-state index in [0.29, 0.717) is 6.61 Å². The highest BCUT2D eigenvalue weighted by Crippen LogP contribution is 2.45. The summed E-state index contributed by atoms with van der Waals surface area (Å²) in [5, 5.41) is 0. The van der Waals surface area contributed by atoms with Crippen molar-refractivity contribution < 1.29 is 14.2 Å². The summed E-state index contributed by atoms with van der Waals surface area (Å²) in [5.74, 6) is 0.969. The van der Waals surface area contributed by atoms with Crippen LogP contribution in [0.2, 0.25) is 0 Å². The number of nitrogens with zero attached hydrogens (tertiary/aromatic N) is 2. The summed E-state index contributed by atoms with van der Waals surface area (Å²) in [5.41, 5.74) is 6.48. The second-order valence-corrected chi connectivity index (χ2v) is 7.24. The third kappa shape index (κ3) is 2.73. The third-order valence-corrected chi connectivity index (χ3v) is 5.71. The summed E-state index contributed by atoms with van der Waals surface area (Å²) in [7, 11) is 5.47. The van der Waals surface area contributed by atoms with Gasteiger partial charge in [-0.1, -0.05) is 24.3 Å². The van der Waals surface area contributed by atoms with Crippen LogP contribution in [0.3, 0.4) is 0 Å². The molecule has 0 radical (unpaired) electrons. The fraction of sp³-hybridized carbons (Fsp3) is 0.409. The van der Waals surface area contributed by atoms with E-state index >= 15 is 0 Å². The molecule has 0 aliphatic carbocycles. The molecule has 5 heteroatoms. The predicted octanol–water partition coefficient (Wildman–Crippen LogP) is 4.16. The summed E-state index contributed by atoms with van der Waals surface area (Å²) in [6, 6.07) is 10.4. The Labute approximate surface area is 159 Å². The summed E-state index contributed by atoms with van der Waals surface area (Å²) >= 11 is 0. The van der Waals surface area contributed by atoms with Crippen LogP contribution in [0, 0.1) is 13.8 Å². The van der Waals surface area contributed by atoms with Crippen LogP contribution in [-0.2, 0) is 35.3 Å². The van der Waals surface area contributed by atoms with Crippen LogP contribution in [0.15, 0.2) is 30.3 Å². The van der Waals surface area contributed by atoms with E-state index < -0.39 is 5.79 Å². The quantitative estimate of drug-likeness (QED) is 0.695. The highest BCUT2D eigenvalue weighted by Gasteiger charge is 2.41. The highest BCUT2D eigenvalue weighted by molar-refractivity contribution is 5.86. The number of aryl methyl sites for hydroxylation is 3. The largest absolute Gasteiger partial charge is 0.455 e. The topological polar surface area (TPSA) is 45.5 Å². The minimum absolute atomic E-state index is 0.552. The SMILES string of the molecule is COCc1cc2c(nc(C)n2C)c2c1CCC(OC)(c1ccccc1C)O2. The minimum Gasteiger partial charge on any atom is -0.455 e. The van der Waals surface area contributed by atoms with Crippen LogP contribution in [0.5, 0.6) is 5.75 Å². The van der Waals surface area contributed by atoms with Crippen molar-refractivity contribution in [3.8, 4) is 5.75 Å². The molecule has 0 spiro atoms. The van der Waals surface area contributed by atoms with Crippen molar-refractivity contribution in [1.29, 1.82) is 0 Å². The Hall–Kier alpha value is -2.37. The Morgan fingerprint density at radius 1 is 1.22 bits per heavy atom. The molecule has 0 saturated heterocycles. The smallest absolute Gasteiger partial charge is 0.237 e. The number of benzene rings is 2. The van der Waals surface area contributed by atoms with Crippen molar-refractivity contribution in [3.05, 3.63) is 58.4 Å². The van der Waals surface area contributed by atoms with Gasteiger partial charge >= 0.3 is 0 Å². The number of methoxy groups -OCH3 is 2.